The largest absolute Gasteiger partial charge is 0.408 e. The van der Waals surface area contributed by atoms with E-state index in [-0.39, 0.29) is 0 Å². The molecule has 4 heteroatoms. The highest BCUT2D eigenvalue weighted by Crippen LogP contribution is 2.19. The summed E-state index contributed by atoms with van der Waals surface area (Å²) >= 11 is 0. The van der Waals surface area contributed by atoms with Gasteiger partial charge in [0.05, 0.1) is 6.54 Å². The molecule has 3 aromatic rings. The molecule has 0 aliphatic rings. The molecule has 0 bridgehead atoms. The maximum absolute atomic E-state index is 5.67. The van der Waals surface area contributed by atoms with Gasteiger partial charge in [0, 0.05) is 36.4 Å². The number of nitrogens with zero attached hydrogens (tertiary/aromatic N) is 2. The van der Waals surface area contributed by atoms with Crippen molar-refractivity contribution < 1.29 is 4.84 Å². The average molecular weight is 364 g/mol. The second kappa shape index (κ2) is 8.78. The van der Waals surface area contributed by atoms with E-state index in [1.165, 1.54) is 28.3 Å². The van der Waals surface area contributed by atoms with Crippen LogP contribution in [0.5, 0.6) is 5.75 Å². The highest BCUT2D eigenvalue weighted by atomic mass is 16.6. The SMILES string of the molecule is CCCN(C)c1ccc(ONCc2ccc(-n3c(C)ccc3C)cc2)cc1. The Bertz CT molecular complexity index is 831. The molecule has 27 heavy (non-hydrogen) atoms. The molecule has 3 rings (SSSR count). The van der Waals surface area contributed by atoms with Gasteiger partial charge in [-0.3, -0.25) is 0 Å². The zero-order chi connectivity index (χ0) is 19.2. The van der Waals surface area contributed by atoms with E-state index in [0.717, 1.165) is 18.7 Å². The molecule has 0 atom stereocenters. The summed E-state index contributed by atoms with van der Waals surface area (Å²) < 4.78 is 2.25. The quantitative estimate of drug-likeness (QED) is 0.570. The van der Waals surface area contributed by atoms with Crippen LogP contribution in [-0.2, 0) is 6.54 Å². The smallest absolute Gasteiger partial charge is 0.147 e. The van der Waals surface area contributed by atoms with E-state index in [1.54, 1.807) is 0 Å². The predicted octanol–water partition coefficient (Wildman–Crippen LogP) is 5.02. The van der Waals surface area contributed by atoms with E-state index in [4.69, 9.17) is 4.84 Å². The number of hydroxylamine groups is 1. The Morgan fingerprint density at radius 1 is 0.889 bits per heavy atom. The minimum absolute atomic E-state index is 0.654. The summed E-state index contributed by atoms with van der Waals surface area (Å²) in [5.41, 5.74) is 9.11. The van der Waals surface area contributed by atoms with Crippen LogP contribution in [0.15, 0.2) is 60.7 Å². The van der Waals surface area contributed by atoms with Crippen molar-refractivity contribution in [3.8, 4) is 11.4 Å². The lowest BCUT2D eigenvalue weighted by Gasteiger charge is -2.18. The molecule has 0 radical (unpaired) electrons. The third kappa shape index (κ3) is 4.72. The fraction of sp³-hybridized carbons (Fsp3) is 0.304. The van der Waals surface area contributed by atoms with E-state index < -0.39 is 0 Å². The van der Waals surface area contributed by atoms with Gasteiger partial charge < -0.3 is 14.3 Å². The Morgan fingerprint density at radius 2 is 1.52 bits per heavy atom. The van der Waals surface area contributed by atoms with Crippen LogP contribution in [0.3, 0.4) is 0 Å². The lowest BCUT2D eigenvalue weighted by Crippen LogP contribution is -2.19. The van der Waals surface area contributed by atoms with Crippen molar-refractivity contribution in [3.63, 3.8) is 0 Å². The van der Waals surface area contributed by atoms with E-state index in [2.05, 4.69) is 91.3 Å². The molecule has 0 aliphatic carbocycles. The van der Waals surface area contributed by atoms with Gasteiger partial charge in [0.2, 0.25) is 0 Å². The molecular formula is C23H29N3O. The number of aromatic nitrogens is 1. The Balaban J connectivity index is 1.53. The van der Waals surface area contributed by atoms with Gasteiger partial charge in [-0.2, -0.15) is 5.48 Å². The molecule has 2 aromatic carbocycles. The van der Waals surface area contributed by atoms with E-state index in [9.17, 15) is 0 Å². The van der Waals surface area contributed by atoms with Gasteiger partial charge >= 0.3 is 0 Å². The predicted molar refractivity (Wildman–Crippen MR) is 113 cm³/mol. The number of benzene rings is 2. The van der Waals surface area contributed by atoms with Gasteiger partial charge in [0.25, 0.3) is 0 Å². The first-order valence-electron chi connectivity index (χ1n) is 9.53. The normalized spacial score (nSPS) is 10.8. The number of anilines is 1. The van der Waals surface area contributed by atoms with Crippen molar-refractivity contribution in [1.82, 2.24) is 10.0 Å². The molecule has 0 saturated carbocycles. The summed E-state index contributed by atoms with van der Waals surface area (Å²) in [6.45, 7) is 8.15. The van der Waals surface area contributed by atoms with Gasteiger partial charge in [-0.25, -0.2) is 0 Å². The van der Waals surface area contributed by atoms with Crippen molar-refractivity contribution in [1.29, 1.82) is 0 Å². The van der Waals surface area contributed by atoms with Crippen LogP contribution in [-0.4, -0.2) is 18.2 Å². The van der Waals surface area contributed by atoms with Crippen LogP contribution in [0.25, 0.3) is 5.69 Å². The van der Waals surface area contributed by atoms with Gasteiger partial charge in [0.1, 0.15) is 5.75 Å². The molecule has 0 amide bonds. The van der Waals surface area contributed by atoms with Crippen molar-refractivity contribution in [2.24, 2.45) is 0 Å². The number of hydrogen-bond acceptors (Lipinski definition) is 3. The van der Waals surface area contributed by atoms with Gasteiger partial charge in [-0.05, 0) is 74.4 Å². The minimum Gasteiger partial charge on any atom is -0.408 e. The minimum atomic E-state index is 0.654. The Morgan fingerprint density at radius 3 is 2.11 bits per heavy atom. The standard InChI is InChI=1S/C23H29N3O/c1-5-16-25(4)21-12-14-23(15-13-21)27-24-17-20-8-10-22(11-9-20)26-18(2)6-7-19(26)3/h6-15,24H,5,16-17H2,1-4H3. The summed E-state index contributed by atoms with van der Waals surface area (Å²) in [7, 11) is 2.11. The molecule has 0 fully saturated rings. The van der Waals surface area contributed by atoms with Crippen LogP contribution in [0.1, 0.15) is 30.3 Å². The summed E-state index contributed by atoms with van der Waals surface area (Å²) in [5.74, 6) is 0.818. The van der Waals surface area contributed by atoms with E-state index in [1.807, 2.05) is 12.1 Å². The summed E-state index contributed by atoms with van der Waals surface area (Å²) in [4.78, 5) is 7.91. The number of hydrogen-bond donors (Lipinski definition) is 1. The molecule has 1 heterocycles. The van der Waals surface area contributed by atoms with Crippen LogP contribution >= 0.6 is 0 Å². The molecule has 4 nitrogen and oxygen atoms in total. The third-order valence-electron chi connectivity index (χ3n) is 4.77. The van der Waals surface area contributed by atoms with Gasteiger partial charge in [-0.1, -0.05) is 19.1 Å². The van der Waals surface area contributed by atoms with Crippen molar-refractivity contribution in [3.05, 3.63) is 77.6 Å². The Hall–Kier alpha value is -2.72. The van der Waals surface area contributed by atoms with Gasteiger partial charge in [-0.15, -0.1) is 0 Å². The second-order valence-corrected chi connectivity index (χ2v) is 6.96. The molecule has 0 saturated heterocycles. The van der Waals surface area contributed by atoms with Crippen LogP contribution in [0, 0.1) is 13.8 Å². The summed E-state index contributed by atoms with van der Waals surface area (Å²) in [6.07, 6.45) is 1.14. The number of nitrogens with one attached hydrogen (secondary N) is 1. The van der Waals surface area contributed by atoms with Crippen LogP contribution in [0.4, 0.5) is 5.69 Å². The van der Waals surface area contributed by atoms with Gasteiger partial charge in [0.15, 0.2) is 0 Å². The van der Waals surface area contributed by atoms with E-state index in [0.29, 0.717) is 6.54 Å². The molecule has 0 unspecified atom stereocenters. The topological polar surface area (TPSA) is 29.4 Å². The molecule has 142 valence electrons. The fourth-order valence-electron chi connectivity index (χ4n) is 3.27. The molecule has 0 aliphatic heterocycles. The highest BCUT2D eigenvalue weighted by molar-refractivity contribution is 5.48. The number of aryl methyl sites for hydroxylation is 2. The first-order valence-corrected chi connectivity index (χ1v) is 9.53. The second-order valence-electron chi connectivity index (χ2n) is 6.96. The average Bonchev–Trinajstić information content (AvgIpc) is 3.01. The maximum atomic E-state index is 5.67. The fourth-order valence-corrected chi connectivity index (χ4v) is 3.27. The van der Waals surface area contributed by atoms with Crippen molar-refractivity contribution >= 4 is 5.69 Å². The zero-order valence-corrected chi connectivity index (χ0v) is 16.7. The van der Waals surface area contributed by atoms with E-state index >= 15 is 0 Å². The monoisotopic (exact) mass is 363 g/mol. The van der Waals surface area contributed by atoms with Crippen LogP contribution < -0.4 is 15.2 Å². The number of rotatable bonds is 8. The Kier molecular flexibility index (Phi) is 6.20. The van der Waals surface area contributed by atoms with Crippen molar-refractivity contribution in [2.75, 3.05) is 18.5 Å². The zero-order valence-electron chi connectivity index (χ0n) is 16.7. The maximum Gasteiger partial charge on any atom is 0.147 e. The molecule has 1 N–H and O–H groups in total. The first-order chi connectivity index (χ1) is 13.1. The van der Waals surface area contributed by atoms with Crippen molar-refractivity contribution in [2.45, 2.75) is 33.7 Å². The lowest BCUT2D eigenvalue weighted by atomic mass is 10.2. The van der Waals surface area contributed by atoms with Crippen LogP contribution in [0.2, 0.25) is 0 Å². The molecular weight excluding hydrogens is 334 g/mol. The summed E-state index contributed by atoms with van der Waals surface area (Å²) in [5, 5.41) is 0. The lowest BCUT2D eigenvalue weighted by molar-refractivity contribution is 0.191. The Labute approximate surface area is 162 Å². The first kappa shape index (κ1) is 19.1. The summed E-state index contributed by atoms with van der Waals surface area (Å²) in [6, 6.07) is 21.0. The molecule has 0 spiro atoms. The highest BCUT2D eigenvalue weighted by Gasteiger charge is 2.04. The molecule has 1 aromatic heterocycles. The third-order valence-corrected chi connectivity index (χ3v) is 4.77.